The van der Waals surface area contributed by atoms with E-state index < -0.39 is 6.10 Å². The lowest BCUT2D eigenvalue weighted by atomic mass is 10.1. The lowest BCUT2D eigenvalue weighted by Crippen LogP contribution is -2.28. The third-order valence-corrected chi connectivity index (χ3v) is 8.42. The second kappa shape index (κ2) is 41.5. The zero-order chi connectivity index (χ0) is 37.1. The molecule has 0 amide bonds. The van der Waals surface area contributed by atoms with Crippen LogP contribution in [0, 0.1) is 0 Å². The van der Waals surface area contributed by atoms with Crippen LogP contribution in [-0.2, 0) is 19.1 Å². The van der Waals surface area contributed by atoms with Crippen LogP contribution < -0.4 is 0 Å². The molecule has 0 aliphatic carbocycles. The van der Waals surface area contributed by atoms with Crippen molar-refractivity contribution >= 4 is 11.9 Å². The van der Waals surface area contributed by atoms with E-state index in [1.165, 1.54) is 51.4 Å². The number of carbonyl (C=O) groups excluding carboxylic acids is 2. The SMILES string of the molecule is CC/C=C\C/C=C\C/C=C\C/C=C\C/C=C\C/C=C\CCCCCCC(=O)OC(CO)COC(=O)CCCCCCC/C=C\CCCCCCC. The van der Waals surface area contributed by atoms with E-state index in [1.54, 1.807) is 0 Å². The van der Waals surface area contributed by atoms with Crippen molar-refractivity contribution < 1.29 is 24.2 Å². The van der Waals surface area contributed by atoms with Gasteiger partial charge in [0, 0.05) is 12.8 Å². The largest absolute Gasteiger partial charge is 0.462 e. The average Bonchev–Trinajstić information content (AvgIpc) is 3.13. The number of ether oxygens (including phenoxy) is 2. The van der Waals surface area contributed by atoms with Crippen LogP contribution >= 0.6 is 0 Å². The Hall–Kier alpha value is -2.92. The van der Waals surface area contributed by atoms with Gasteiger partial charge in [-0.25, -0.2) is 0 Å². The molecule has 0 radical (unpaired) electrons. The predicted molar refractivity (Wildman–Crippen MR) is 219 cm³/mol. The summed E-state index contributed by atoms with van der Waals surface area (Å²) in [5, 5.41) is 9.56. The number of rotatable bonds is 36. The molecule has 290 valence electrons. The Kier molecular flexibility index (Phi) is 39.1. The molecule has 0 heterocycles. The second-order valence-electron chi connectivity index (χ2n) is 13.3. The topological polar surface area (TPSA) is 72.8 Å². The van der Waals surface area contributed by atoms with Crippen LogP contribution in [0.1, 0.15) is 174 Å². The monoisotopic (exact) mass is 709 g/mol. The van der Waals surface area contributed by atoms with Crippen molar-refractivity contribution in [1.82, 2.24) is 0 Å². The fourth-order valence-corrected chi connectivity index (χ4v) is 5.31. The van der Waals surface area contributed by atoms with Gasteiger partial charge in [0.1, 0.15) is 6.61 Å². The number of carbonyl (C=O) groups is 2. The fourth-order valence-electron chi connectivity index (χ4n) is 5.31. The molecule has 1 N–H and O–H groups in total. The normalized spacial score (nSPS) is 13.1. The van der Waals surface area contributed by atoms with E-state index in [2.05, 4.69) is 98.9 Å². The lowest BCUT2D eigenvalue weighted by molar-refractivity contribution is -0.161. The summed E-state index contributed by atoms with van der Waals surface area (Å²) in [6.45, 7) is 3.97. The smallest absolute Gasteiger partial charge is 0.306 e. The van der Waals surface area contributed by atoms with Crippen LogP contribution in [-0.4, -0.2) is 36.4 Å². The fraction of sp³-hybridized carbons (Fsp3) is 0.652. The van der Waals surface area contributed by atoms with Crippen molar-refractivity contribution in [1.29, 1.82) is 0 Å². The molecule has 1 unspecified atom stereocenters. The Morgan fingerprint density at radius 2 is 0.843 bits per heavy atom. The summed E-state index contributed by atoms with van der Waals surface area (Å²) in [7, 11) is 0. The van der Waals surface area contributed by atoms with Crippen molar-refractivity contribution in [3.05, 3.63) is 85.1 Å². The summed E-state index contributed by atoms with van der Waals surface area (Å²) in [4.78, 5) is 24.3. The molecule has 0 saturated carbocycles. The highest BCUT2D eigenvalue weighted by Crippen LogP contribution is 2.11. The van der Waals surface area contributed by atoms with Gasteiger partial charge in [-0.2, -0.15) is 0 Å². The summed E-state index contributed by atoms with van der Waals surface area (Å²) >= 11 is 0. The van der Waals surface area contributed by atoms with Crippen molar-refractivity contribution in [2.24, 2.45) is 0 Å². The van der Waals surface area contributed by atoms with Gasteiger partial charge >= 0.3 is 11.9 Å². The lowest BCUT2D eigenvalue weighted by Gasteiger charge is -2.15. The van der Waals surface area contributed by atoms with Crippen molar-refractivity contribution in [3.63, 3.8) is 0 Å². The van der Waals surface area contributed by atoms with Crippen molar-refractivity contribution in [3.8, 4) is 0 Å². The van der Waals surface area contributed by atoms with E-state index in [9.17, 15) is 14.7 Å². The standard InChI is InChI=1S/C46H76O5/c1-3-5-7-9-11-13-15-17-19-20-21-22-23-24-25-26-27-29-31-33-35-37-39-41-46(49)51-44(42-47)43-50-45(48)40-38-36-34-32-30-28-18-16-14-12-10-8-6-4-2/h5,7,11,13,16-19,21-22,24-25,27,29,44,47H,3-4,6,8-10,12,14-15,20,23,26,28,30-43H2,1-2H3/b7-5-,13-11-,18-16-,19-17-,22-21-,25-24-,29-27-. The zero-order valence-corrected chi connectivity index (χ0v) is 32.8. The van der Waals surface area contributed by atoms with Gasteiger partial charge in [-0.05, 0) is 89.9 Å². The molecule has 0 aliphatic heterocycles. The molecule has 0 aromatic rings. The molecular formula is C46H76O5. The van der Waals surface area contributed by atoms with Gasteiger partial charge in [0.2, 0.25) is 0 Å². The van der Waals surface area contributed by atoms with E-state index in [0.717, 1.165) is 96.3 Å². The average molecular weight is 709 g/mol. The van der Waals surface area contributed by atoms with E-state index in [-0.39, 0.29) is 25.2 Å². The number of aliphatic hydroxyl groups is 1. The molecule has 0 fully saturated rings. The summed E-state index contributed by atoms with van der Waals surface area (Å²) < 4.78 is 10.6. The highest BCUT2D eigenvalue weighted by Gasteiger charge is 2.16. The highest BCUT2D eigenvalue weighted by atomic mass is 16.6. The Bertz CT molecular complexity index is 984. The zero-order valence-electron chi connectivity index (χ0n) is 32.8. The Labute approximate surface area is 314 Å². The predicted octanol–water partition coefficient (Wildman–Crippen LogP) is 13.1. The summed E-state index contributed by atoms with van der Waals surface area (Å²) in [5.41, 5.74) is 0. The van der Waals surface area contributed by atoms with Gasteiger partial charge in [0.25, 0.3) is 0 Å². The molecule has 1 atom stereocenters. The van der Waals surface area contributed by atoms with Crippen molar-refractivity contribution in [2.75, 3.05) is 13.2 Å². The molecule has 0 saturated heterocycles. The maximum Gasteiger partial charge on any atom is 0.306 e. The molecule has 0 bridgehead atoms. The molecule has 0 aromatic carbocycles. The van der Waals surface area contributed by atoms with Gasteiger partial charge in [0.15, 0.2) is 6.10 Å². The third-order valence-electron chi connectivity index (χ3n) is 8.42. The molecular weight excluding hydrogens is 633 g/mol. The number of esters is 2. The second-order valence-corrected chi connectivity index (χ2v) is 13.3. The molecule has 5 heteroatoms. The van der Waals surface area contributed by atoms with Gasteiger partial charge < -0.3 is 14.6 Å². The van der Waals surface area contributed by atoms with Gasteiger partial charge in [-0.15, -0.1) is 0 Å². The van der Waals surface area contributed by atoms with Crippen LogP contribution in [0.4, 0.5) is 0 Å². The molecule has 51 heavy (non-hydrogen) atoms. The molecule has 0 aliphatic rings. The van der Waals surface area contributed by atoms with Gasteiger partial charge in [-0.3, -0.25) is 9.59 Å². The Morgan fingerprint density at radius 3 is 1.29 bits per heavy atom. The number of allylic oxidation sites excluding steroid dienone is 14. The Balaban J connectivity index is 3.67. The number of hydrogen-bond donors (Lipinski definition) is 1. The maximum atomic E-state index is 12.2. The quantitative estimate of drug-likeness (QED) is 0.0398. The highest BCUT2D eigenvalue weighted by molar-refractivity contribution is 5.70. The van der Waals surface area contributed by atoms with Crippen LogP contribution in [0.25, 0.3) is 0 Å². The van der Waals surface area contributed by atoms with Crippen LogP contribution in [0.2, 0.25) is 0 Å². The third kappa shape index (κ3) is 39.7. The summed E-state index contributed by atoms with van der Waals surface area (Å²) in [6.07, 6.45) is 56.4. The van der Waals surface area contributed by atoms with Gasteiger partial charge in [0.05, 0.1) is 6.61 Å². The maximum absolute atomic E-state index is 12.2. The first-order valence-electron chi connectivity index (χ1n) is 20.6. The van der Waals surface area contributed by atoms with E-state index >= 15 is 0 Å². The Morgan fingerprint density at radius 1 is 0.471 bits per heavy atom. The first kappa shape index (κ1) is 48.1. The van der Waals surface area contributed by atoms with E-state index in [0.29, 0.717) is 12.8 Å². The van der Waals surface area contributed by atoms with E-state index in [4.69, 9.17) is 9.47 Å². The first-order chi connectivity index (χ1) is 25.1. The van der Waals surface area contributed by atoms with Crippen LogP contribution in [0.15, 0.2) is 85.1 Å². The van der Waals surface area contributed by atoms with Crippen LogP contribution in [0.5, 0.6) is 0 Å². The molecule has 0 aromatic heterocycles. The number of hydrogen-bond acceptors (Lipinski definition) is 5. The summed E-state index contributed by atoms with van der Waals surface area (Å²) in [6, 6.07) is 0. The first-order valence-corrected chi connectivity index (χ1v) is 20.6. The molecule has 0 rings (SSSR count). The minimum absolute atomic E-state index is 0.0853. The van der Waals surface area contributed by atoms with E-state index in [1.807, 2.05) is 0 Å². The summed E-state index contributed by atoms with van der Waals surface area (Å²) in [5.74, 6) is -0.637. The van der Waals surface area contributed by atoms with Gasteiger partial charge in [-0.1, -0.05) is 157 Å². The van der Waals surface area contributed by atoms with Crippen LogP contribution in [0.3, 0.4) is 0 Å². The number of aliphatic hydroxyl groups excluding tert-OH is 1. The van der Waals surface area contributed by atoms with Crippen molar-refractivity contribution in [2.45, 2.75) is 180 Å². The minimum Gasteiger partial charge on any atom is -0.462 e. The molecule has 0 spiro atoms. The molecule has 5 nitrogen and oxygen atoms in total. The minimum atomic E-state index is -0.793. The number of unbranched alkanes of at least 4 members (excludes halogenated alkanes) is 14.